The molecule has 3 aromatic carbocycles. The van der Waals surface area contributed by atoms with Crippen LogP contribution in [0, 0.1) is 18.3 Å². The number of hydrogen-bond donors (Lipinski definition) is 0. The van der Waals surface area contributed by atoms with Crippen LogP contribution < -0.4 is 10.0 Å². The monoisotopic (exact) mass is 429 g/mol. The van der Waals surface area contributed by atoms with Gasteiger partial charge in [-0.05, 0) is 36.2 Å². The fourth-order valence-electron chi connectivity index (χ4n) is 4.70. The molecule has 0 radical (unpaired) electrons. The van der Waals surface area contributed by atoms with E-state index in [2.05, 4.69) is 73.8 Å². The van der Waals surface area contributed by atoms with Crippen molar-refractivity contribution in [3.05, 3.63) is 84.1 Å². The summed E-state index contributed by atoms with van der Waals surface area (Å²) in [7, 11) is 2.05. The number of aromatic nitrogens is 1. The molecule has 0 spiro atoms. The number of fused-ring (bicyclic) bond motifs is 3. The Hall–Kier alpha value is -3.84. The van der Waals surface area contributed by atoms with Crippen LogP contribution in [0.2, 0.25) is 13.1 Å². The number of pyridine rings is 1. The molecule has 3 nitrogen and oxygen atoms in total. The highest BCUT2D eigenvalue weighted by molar-refractivity contribution is 6.71. The molecule has 0 N–H and O–H groups in total. The first-order chi connectivity index (χ1) is 16.0. The molecule has 5 rings (SSSR count). The molecule has 2 heterocycles. The summed E-state index contributed by atoms with van der Waals surface area (Å²) >= 11 is 0. The first kappa shape index (κ1) is 21.0. The normalized spacial score (nSPS) is 11.1. The smallest absolute Gasteiger partial charge is 0.216 e. The van der Waals surface area contributed by atoms with E-state index >= 15 is 0 Å². The summed E-state index contributed by atoms with van der Waals surface area (Å²) in [6.45, 7) is 7.06. The molecule has 0 fully saturated rings. The number of aryl methyl sites for hydroxylation is 2. The van der Waals surface area contributed by atoms with Crippen molar-refractivity contribution in [1.82, 2.24) is 0 Å². The Morgan fingerprint density at radius 3 is 2.27 bits per heavy atom. The van der Waals surface area contributed by atoms with E-state index in [1.807, 2.05) is 37.5 Å². The van der Waals surface area contributed by atoms with Gasteiger partial charge in [-0.3, -0.25) is 0 Å². The first-order valence-corrected chi connectivity index (χ1v) is 11.5. The van der Waals surface area contributed by atoms with Crippen molar-refractivity contribution in [3.8, 4) is 28.5 Å². The maximum Gasteiger partial charge on any atom is 0.216 e. The number of nitrogens with zero attached hydrogens (tertiary/aromatic N) is 2. The molecule has 0 unspecified atom stereocenters. The highest BCUT2D eigenvalue weighted by atomic mass is 16.3. The van der Waals surface area contributed by atoms with Crippen molar-refractivity contribution in [2.75, 3.05) is 0 Å². The van der Waals surface area contributed by atoms with Gasteiger partial charge in [0.1, 0.15) is 18.2 Å². The van der Waals surface area contributed by atoms with Crippen LogP contribution in [0.1, 0.15) is 18.1 Å². The van der Waals surface area contributed by atoms with E-state index in [9.17, 15) is 5.26 Å². The van der Waals surface area contributed by atoms with E-state index in [0.717, 1.165) is 56.2 Å². The molecular formula is C29H26BN2O+. The van der Waals surface area contributed by atoms with Gasteiger partial charge in [0.2, 0.25) is 5.69 Å². The zero-order chi connectivity index (χ0) is 23.1. The van der Waals surface area contributed by atoms with Gasteiger partial charge in [0.05, 0.1) is 17.2 Å². The van der Waals surface area contributed by atoms with Crippen molar-refractivity contribution >= 4 is 34.1 Å². The van der Waals surface area contributed by atoms with E-state index in [-0.39, 0.29) is 0 Å². The molecule has 0 aliphatic rings. The summed E-state index contributed by atoms with van der Waals surface area (Å²) in [5, 5.41) is 12.0. The maximum absolute atomic E-state index is 9.91. The first-order valence-electron chi connectivity index (χ1n) is 11.5. The lowest BCUT2D eigenvalue weighted by molar-refractivity contribution is -0.660. The Labute approximate surface area is 195 Å². The predicted molar refractivity (Wildman–Crippen MR) is 137 cm³/mol. The number of furan rings is 1. The third-order valence-electron chi connectivity index (χ3n) is 6.83. The lowest BCUT2D eigenvalue weighted by Gasteiger charge is -2.09. The zero-order valence-corrected chi connectivity index (χ0v) is 19.5. The second-order valence-corrected chi connectivity index (χ2v) is 8.84. The average molecular weight is 429 g/mol. The summed E-state index contributed by atoms with van der Waals surface area (Å²) in [5.74, 6) is 0. The zero-order valence-electron chi connectivity index (χ0n) is 19.5. The van der Waals surface area contributed by atoms with Gasteiger partial charge in [0, 0.05) is 28.5 Å². The molecule has 4 heteroatoms. The molecule has 0 atom stereocenters. The molecule has 0 aliphatic carbocycles. The van der Waals surface area contributed by atoms with Crippen molar-refractivity contribution in [2.24, 2.45) is 7.05 Å². The Balaban J connectivity index is 1.82. The molecule has 160 valence electrons. The Bertz CT molecular complexity index is 1540. The van der Waals surface area contributed by atoms with Crippen molar-refractivity contribution < 1.29 is 8.98 Å². The molecule has 33 heavy (non-hydrogen) atoms. The largest absolute Gasteiger partial charge is 0.454 e. The Kier molecular flexibility index (Phi) is 5.26. The summed E-state index contributed by atoms with van der Waals surface area (Å²) in [6.07, 6.45) is 3.15. The lowest BCUT2D eigenvalue weighted by atomic mass is 9.45. The number of nitriles is 1. The van der Waals surface area contributed by atoms with Gasteiger partial charge in [-0.25, -0.2) is 4.57 Å². The van der Waals surface area contributed by atoms with Crippen molar-refractivity contribution in [3.63, 3.8) is 0 Å². The van der Waals surface area contributed by atoms with E-state index in [1.165, 1.54) is 5.46 Å². The molecular weight excluding hydrogens is 403 g/mol. The van der Waals surface area contributed by atoms with E-state index in [0.29, 0.717) is 12.3 Å². The van der Waals surface area contributed by atoms with Crippen LogP contribution in [0.3, 0.4) is 0 Å². The van der Waals surface area contributed by atoms with Gasteiger partial charge >= 0.3 is 0 Å². The van der Waals surface area contributed by atoms with Crippen LogP contribution >= 0.6 is 0 Å². The maximum atomic E-state index is 9.91. The fourth-order valence-corrected chi connectivity index (χ4v) is 4.70. The highest BCUT2D eigenvalue weighted by Gasteiger charge is 2.23. The van der Waals surface area contributed by atoms with Gasteiger partial charge in [0.15, 0.2) is 12.9 Å². The van der Waals surface area contributed by atoms with Crippen LogP contribution in [0.4, 0.5) is 0 Å². The van der Waals surface area contributed by atoms with E-state index < -0.39 is 0 Å². The lowest BCUT2D eigenvalue weighted by Crippen LogP contribution is -2.30. The van der Waals surface area contributed by atoms with Crippen LogP contribution in [0.5, 0.6) is 0 Å². The third-order valence-corrected chi connectivity index (χ3v) is 6.83. The molecule has 0 saturated heterocycles. The molecule has 5 aromatic rings. The van der Waals surface area contributed by atoms with Gasteiger partial charge < -0.3 is 4.42 Å². The van der Waals surface area contributed by atoms with Crippen LogP contribution in [0.15, 0.2) is 77.3 Å². The minimum absolute atomic E-state index is 0.508. The molecule has 0 amide bonds. The summed E-state index contributed by atoms with van der Waals surface area (Å²) in [4.78, 5) is 0. The second-order valence-electron chi connectivity index (χ2n) is 8.84. The third kappa shape index (κ3) is 3.41. The molecule has 0 saturated carbocycles. The SMILES string of the molecule is CCB(C)c1ccc(-c2c(C#N)ccc3c2oc2c(-c4cccc[n+]4C)c(C)ccc23)cc1. The number of benzene rings is 3. The summed E-state index contributed by atoms with van der Waals surface area (Å²) < 4.78 is 8.75. The van der Waals surface area contributed by atoms with Gasteiger partial charge in [0.25, 0.3) is 0 Å². The minimum Gasteiger partial charge on any atom is -0.454 e. The molecule has 0 aliphatic heterocycles. The second kappa shape index (κ2) is 8.26. The van der Waals surface area contributed by atoms with Crippen molar-refractivity contribution in [2.45, 2.75) is 27.0 Å². The van der Waals surface area contributed by atoms with Crippen LogP contribution in [-0.4, -0.2) is 6.71 Å². The topological polar surface area (TPSA) is 40.8 Å². The fraction of sp³-hybridized carbons (Fsp3) is 0.172. The van der Waals surface area contributed by atoms with Gasteiger partial charge in [-0.2, -0.15) is 5.26 Å². The number of rotatable bonds is 4. The summed E-state index contributed by atoms with van der Waals surface area (Å²) in [6, 6.07) is 25.4. The Morgan fingerprint density at radius 1 is 0.909 bits per heavy atom. The predicted octanol–water partition coefficient (Wildman–Crippen LogP) is 6.28. The van der Waals surface area contributed by atoms with Crippen LogP contribution in [0.25, 0.3) is 44.3 Å². The highest BCUT2D eigenvalue weighted by Crippen LogP contribution is 2.41. The molecule has 0 bridgehead atoms. The van der Waals surface area contributed by atoms with E-state index in [1.54, 1.807) is 0 Å². The van der Waals surface area contributed by atoms with Gasteiger partial charge in [-0.15, -0.1) is 0 Å². The summed E-state index contributed by atoms with van der Waals surface area (Å²) in [5.41, 5.74) is 8.78. The van der Waals surface area contributed by atoms with Crippen molar-refractivity contribution in [1.29, 1.82) is 5.26 Å². The standard InChI is InChI=1S/C29H26BN2O/c1-5-30(3)22-13-10-20(11-14-22)27-21(18-31)12-16-24-23-15-9-19(2)26(28(23)33-29(24)27)25-8-6-7-17-32(25)4/h6-17H,5H2,1-4H3/q+1. The van der Waals surface area contributed by atoms with E-state index in [4.69, 9.17) is 4.42 Å². The molecule has 2 aromatic heterocycles. The quantitative estimate of drug-likeness (QED) is 0.249. The minimum atomic E-state index is 0.508. The Morgan fingerprint density at radius 2 is 1.61 bits per heavy atom. The van der Waals surface area contributed by atoms with Gasteiger partial charge in [-0.1, -0.05) is 61.9 Å². The number of hydrogen-bond acceptors (Lipinski definition) is 2. The van der Waals surface area contributed by atoms with Crippen LogP contribution in [-0.2, 0) is 7.05 Å². The average Bonchev–Trinajstić information content (AvgIpc) is 3.22.